The van der Waals surface area contributed by atoms with E-state index in [1.807, 2.05) is 17.5 Å². The van der Waals surface area contributed by atoms with Crippen LogP contribution in [0.5, 0.6) is 0 Å². The second-order valence-corrected chi connectivity index (χ2v) is 5.90. The molecular weight excluding hydrogens is 272 g/mol. The molecule has 0 bridgehead atoms. The number of anilines is 1. The predicted octanol–water partition coefficient (Wildman–Crippen LogP) is 2.52. The van der Waals surface area contributed by atoms with Gasteiger partial charge in [-0.1, -0.05) is 6.07 Å². The van der Waals surface area contributed by atoms with E-state index in [9.17, 15) is 9.59 Å². The topological polar surface area (TPSA) is 72.2 Å². The number of primary amides is 1. The summed E-state index contributed by atoms with van der Waals surface area (Å²) in [6, 6.07) is 10.6. The third-order valence-corrected chi connectivity index (χ3v) is 4.68. The van der Waals surface area contributed by atoms with Crippen LogP contribution in [0, 0.1) is 0 Å². The largest absolute Gasteiger partial charge is 0.366 e. The van der Waals surface area contributed by atoms with Gasteiger partial charge in [0.15, 0.2) is 0 Å². The van der Waals surface area contributed by atoms with E-state index in [1.165, 1.54) is 0 Å². The van der Waals surface area contributed by atoms with Crippen molar-refractivity contribution in [2.45, 2.75) is 18.3 Å². The Kier molecular flexibility index (Phi) is 3.06. The molecule has 1 aliphatic carbocycles. The zero-order valence-corrected chi connectivity index (χ0v) is 11.6. The van der Waals surface area contributed by atoms with Crippen LogP contribution in [0.3, 0.4) is 0 Å². The number of thiophene rings is 1. The summed E-state index contributed by atoms with van der Waals surface area (Å²) in [5, 5.41) is 4.91. The first-order valence-corrected chi connectivity index (χ1v) is 7.25. The molecule has 2 aromatic rings. The van der Waals surface area contributed by atoms with Gasteiger partial charge in [0.1, 0.15) is 0 Å². The number of hydrogen-bond acceptors (Lipinski definition) is 3. The van der Waals surface area contributed by atoms with Crippen molar-refractivity contribution in [2.24, 2.45) is 5.73 Å². The first-order valence-electron chi connectivity index (χ1n) is 6.37. The lowest BCUT2D eigenvalue weighted by Crippen LogP contribution is -2.27. The lowest BCUT2D eigenvalue weighted by atomic mass is 10.0. The van der Waals surface area contributed by atoms with Gasteiger partial charge in [-0.05, 0) is 48.6 Å². The molecular formula is C15H14N2O2S. The maximum atomic E-state index is 12.4. The molecule has 3 rings (SSSR count). The van der Waals surface area contributed by atoms with E-state index < -0.39 is 5.91 Å². The first-order chi connectivity index (χ1) is 9.62. The highest BCUT2D eigenvalue weighted by Crippen LogP contribution is 2.50. The van der Waals surface area contributed by atoms with Crippen molar-refractivity contribution in [3.63, 3.8) is 0 Å². The van der Waals surface area contributed by atoms with E-state index in [4.69, 9.17) is 5.73 Å². The van der Waals surface area contributed by atoms with Crippen molar-refractivity contribution in [3.8, 4) is 0 Å². The van der Waals surface area contributed by atoms with E-state index in [1.54, 1.807) is 35.6 Å². The van der Waals surface area contributed by atoms with Crippen LogP contribution in [0.2, 0.25) is 0 Å². The normalized spacial score (nSPS) is 15.6. The lowest BCUT2D eigenvalue weighted by molar-refractivity contribution is -0.118. The van der Waals surface area contributed by atoms with Gasteiger partial charge in [0, 0.05) is 16.1 Å². The molecule has 4 nitrogen and oxygen atoms in total. The zero-order chi connectivity index (χ0) is 14.2. The zero-order valence-electron chi connectivity index (χ0n) is 10.8. The summed E-state index contributed by atoms with van der Waals surface area (Å²) in [6.45, 7) is 0. The fourth-order valence-electron chi connectivity index (χ4n) is 2.23. The molecule has 0 saturated heterocycles. The second-order valence-electron chi connectivity index (χ2n) is 4.96. The minimum absolute atomic E-state index is 0.0202. The van der Waals surface area contributed by atoms with Crippen molar-refractivity contribution in [2.75, 3.05) is 5.32 Å². The minimum atomic E-state index is -0.472. The molecule has 102 valence electrons. The van der Waals surface area contributed by atoms with E-state index in [0.29, 0.717) is 11.3 Å². The SMILES string of the molecule is NC(=O)c1ccc(NC(=O)C2(c3cccs3)CC2)cc1. The second kappa shape index (κ2) is 4.76. The van der Waals surface area contributed by atoms with Gasteiger partial charge in [-0.2, -0.15) is 0 Å². The number of hydrogen-bond donors (Lipinski definition) is 2. The van der Waals surface area contributed by atoms with Gasteiger partial charge in [0.05, 0.1) is 5.41 Å². The molecule has 0 spiro atoms. The van der Waals surface area contributed by atoms with Crippen LogP contribution in [0.25, 0.3) is 0 Å². The molecule has 0 aliphatic heterocycles. The molecule has 1 aliphatic rings. The molecule has 1 aromatic carbocycles. The van der Waals surface area contributed by atoms with Crippen LogP contribution in [-0.4, -0.2) is 11.8 Å². The van der Waals surface area contributed by atoms with Crippen LogP contribution in [0.1, 0.15) is 28.1 Å². The van der Waals surface area contributed by atoms with Gasteiger partial charge in [-0.3, -0.25) is 9.59 Å². The van der Waals surface area contributed by atoms with Crippen LogP contribution in [-0.2, 0) is 10.2 Å². The van der Waals surface area contributed by atoms with Crippen LogP contribution in [0.4, 0.5) is 5.69 Å². The molecule has 1 heterocycles. The molecule has 0 radical (unpaired) electrons. The average molecular weight is 286 g/mol. The van der Waals surface area contributed by atoms with E-state index >= 15 is 0 Å². The van der Waals surface area contributed by atoms with E-state index in [0.717, 1.165) is 17.7 Å². The number of nitrogens with two attached hydrogens (primary N) is 1. The highest BCUT2D eigenvalue weighted by Gasteiger charge is 2.52. The summed E-state index contributed by atoms with van der Waals surface area (Å²) >= 11 is 1.62. The number of benzene rings is 1. The fourth-order valence-corrected chi connectivity index (χ4v) is 3.21. The number of carbonyl (C=O) groups excluding carboxylic acids is 2. The summed E-state index contributed by atoms with van der Waals surface area (Å²) in [7, 11) is 0. The van der Waals surface area contributed by atoms with Crippen molar-refractivity contribution in [3.05, 3.63) is 52.2 Å². The highest BCUT2D eigenvalue weighted by molar-refractivity contribution is 7.10. The summed E-state index contributed by atoms with van der Waals surface area (Å²) in [4.78, 5) is 24.5. The van der Waals surface area contributed by atoms with Gasteiger partial charge < -0.3 is 11.1 Å². The summed E-state index contributed by atoms with van der Waals surface area (Å²) < 4.78 is 0. The Morgan fingerprint density at radius 1 is 1.15 bits per heavy atom. The van der Waals surface area contributed by atoms with Gasteiger partial charge in [-0.25, -0.2) is 0 Å². The molecule has 1 aromatic heterocycles. The molecule has 0 atom stereocenters. The maximum Gasteiger partial charge on any atom is 0.248 e. The Hall–Kier alpha value is -2.14. The van der Waals surface area contributed by atoms with Crippen LogP contribution in [0.15, 0.2) is 41.8 Å². The van der Waals surface area contributed by atoms with Crippen molar-refractivity contribution >= 4 is 28.8 Å². The van der Waals surface area contributed by atoms with Gasteiger partial charge >= 0.3 is 0 Å². The average Bonchev–Trinajstić information content (AvgIpc) is 3.07. The maximum absolute atomic E-state index is 12.4. The Balaban J connectivity index is 1.75. The van der Waals surface area contributed by atoms with Crippen molar-refractivity contribution in [1.29, 1.82) is 0 Å². The first kappa shape index (κ1) is 12.9. The molecule has 20 heavy (non-hydrogen) atoms. The summed E-state index contributed by atoms with van der Waals surface area (Å²) in [5.74, 6) is -0.452. The third kappa shape index (κ3) is 2.20. The molecule has 2 amide bonds. The molecule has 5 heteroatoms. The smallest absolute Gasteiger partial charge is 0.248 e. The Morgan fingerprint density at radius 2 is 1.85 bits per heavy atom. The predicted molar refractivity (Wildman–Crippen MR) is 78.8 cm³/mol. The van der Waals surface area contributed by atoms with Crippen LogP contribution < -0.4 is 11.1 Å². The van der Waals surface area contributed by atoms with E-state index in [2.05, 4.69) is 5.32 Å². The standard InChI is InChI=1S/C15H14N2O2S/c16-13(18)10-3-5-11(6-4-10)17-14(19)15(7-8-15)12-2-1-9-20-12/h1-6,9H,7-8H2,(H2,16,18)(H,17,19). The van der Waals surface area contributed by atoms with Crippen LogP contribution >= 0.6 is 11.3 Å². The van der Waals surface area contributed by atoms with Gasteiger partial charge in [-0.15, -0.1) is 11.3 Å². The lowest BCUT2D eigenvalue weighted by Gasteiger charge is -2.13. The minimum Gasteiger partial charge on any atom is -0.366 e. The summed E-state index contributed by atoms with van der Waals surface area (Å²) in [6.07, 6.45) is 1.78. The fraction of sp³-hybridized carbons (Fsp3) is 0.200. The number of rotatable bonds is 4. The number of nitrogens with one attached hydrogen (secondary N) is 1. The van der Waals surface area contributed by atoms with Gasteiger partial charge in [0.25, 0.3) is 0 Å². The molecule has 1 saturated carbocycles. The Morgan fingerprint density at radius 3 is 2.35 bits per heavy atom. The highest BCUT2D eigenvalue weighted by atomic mass is 32.1. The Labute approximate surface area is 120 Å². The Bertz CT molecular complexity index is 643. The summed E-state index contributed by atoms with van der Waals surface area (Å²) in [5.41, 5.74) is 5.95. The van der Waals surface area contributed by atoms with Gasteiger partial charge in [0.2, 0.25) is 11.8 Å². The molecule has 3 N–H and O–H groups in total. The molecule has 0 unspecified atom stereocenters. The van der Waals surface area contributed by atoms with E-state index in [-0.39, 0.29) is 11.3 Å². The monoisotopic (exact) mass is 286 g/mol. The number of carbonyl (C=O) groups is 2. The molecule has 1 fully saturated rings. The van der Waals surface area contributed by atoms with Crippen molar-refractivity contribution < 1.29 is 9.59 Å². The van der Waals surface area contributed by atoms with Crippen molar-refractivity contribution in [1.82, 2.24) is 0 Å². The third-order valence-electron chi connectivity index (χ3n) is 3.60. The number of amides is 2. The quantitative estimate of drug-likeness (QED) is 0.906.